The van der Waals surface area contributed by atoms with Crippen molar-refractivity contribution in [2.75, 3.05) is 26.2 Å². The molecule has 1 aliphatic rings. The Balaban J connectivity index is 2.41. The standard InChI is InChI=1S/C10H22N2O3/c1-10(2,3)15-9(14)12-5-4-11-8(6-12)7-13/h8-9,11,13-14H,4-7H2,1-3H3/t8-,9?/m1/s1. The van der Waals surface area contributed by atoms with Crippen molar-refractivity contribution in [1.29, 1.82) is 0 Å². The van der Waals surface area contributed by atoms with Crippen molar-refractivity contribution >= 4 is 0 Å². The van der Waals surface area contributed by atoms with E-state index in [1.807, 2.05) is 25.7 Å². The van der Waals surface area contributed by atoms with Gasteiger partial charge in [-0.3, -0.25) is 4.90 Å². The number of piperazine rings is 1. The SMILES string of the molecule is CC(C)(C)OC(O)N1CCN[C@@H](CO)C1. The highest BCUT2D eigenvalue weighted by atomic mass is 16.6. The highest BCUT2D eigenvalue weighted by Gasteiger charge is 2.27. The Morgan fingerprint density at radius 2 is 2.20 bits per heavy atom. The number of aliphatic hydroxyl groups is 2. The average molecular weight is 218 g/mol. The molecule has 0 aliphatic carbocycles. The molecule has 0 aromatic heterocycles. The van der Waals surface area contributed by atoms with Crippen LogP contribution in [0.3, 0.4) is 0 Å². The number of hydrogen-bond acceptors (Lipinski definition) is 5. The Morgan fingerprint density at radius 1 is 1.53 bits per heavy atom. The maximum atomic E-state index is 9.82. The largest absolute Gasteiger partial charge is 0.395 e. The topological polar surface area (TPSA) is 65.0 Å². The van der Waals surface area contributed by atoms with Gasteiger partial charge in [0.25, 0.3) is 0 Å². The lowest BCUT2D eigenvalue weighted by Crippen LogP contribution is -2.56. The van der Waals surface area contributed by atoms with Crippen molar-refractivity contribution in [3.63, 3.8) is 0 Å². The highest BCUT2D eigenvalue weighted by Crippen LogP contribution is 2.13. The first-order valence-corrected chi connectivity index (χ1v) is 5.36. The van der Waals surface area contributed by atoms with E-state index in [9.17, 15) is 5.11 Å². The van der Waals surface area contributed by atoms with Crippen LogP contribution in [-0.2, 0) is 4.74 Å². The van der Waals surface area contributed by atoms with Crippen molar-refractivity contribution in [2.24, 2.45) is 0 Å². The summed E-state index contributed by atoms with van der Waals surface area (Å²) in [7, 11) is 0. The first-order chi connectivity index (χ1) is 6.92. The molecule has 1 rings (SSSR count). The molecule has 1 fully saturated rings. The quantitative estimate of drug-likeness (QED) is 0.549. The third-order valence-electron chi connectivity index (χ3n) is 2.28. The van der Waals surface area contributed by atoms with Gasteiger partial charge < -0.3 is 20.3 Å². The summed E-state index contributed by atoms with van der Waals surface area (Å²) in [6.45, 7) is 7.89. The summed E-state index contributed by atoms with van der Waals surface area (Å²) in [4.78, 5) is 1.82. The third-order valence-corrected chi connectivity index (χ3v) is 2.28. The number of hydrogen-bond donors (Lipinski definition) is 3. The van der Waals surface area contributed by atoms with E-state index < -0.39 is 6.41 Å². The molecule has 0 aromatic carbocycles. The van der Waals surface area contributed by atoms with Crippen molar-refractivity contribution in [1.82, 2.24) is 10.2 Å². The first kappa shape index (κ1) is 12.9. The average Bonchev–Trinajstić information content (AvgIpc) is 2.15. The monoisotopic (exact) mass is 218 g/mol. The minimum Gasteiger partial charge on any atom is -0.395 e. The summed E-state index contributed by atoms with van der Waals surface area (Å²) >= 11 is 0. The fraction of sp³-hybridized carbons (Fsp3) is 1.00. The molecule has 1 aliphatic heterocycles. The van der Waals surface area contributed by atoms with Crippen LogP contribution in [0.1, 0.15) is 20.8 Å². The maximum absolute atomic E-state index is 9.82. The van der Waals surface area contributed by atoms with Crippen molar-refractivity contribution < 1.29 is 14.9 Å². The lowest BCUT2D eigenvalue weighted by Gasteiger charge is -2.37. The van der Waals surface area contributed by atoms with E-state index in [4.69, 9.17) is 9.84 Å². The Bertz CT molecular complexity index is 194. The Labute approximate surface area is 91.0 Å². The van der Waals surface area contributed by atoms with Gasteiger partial charge >= 0.3 is 0 Å². The smallest absolute Gasteiger partial charge is 0.216 e. The van der Waals surface area contributed by atoms with Crippen LogP contribution in [0.4, 0.5) is 0 Å². The van der Waals surface area contributed by atoms with Crippen LogP contribution >= 0.6 is 0 Å². The van der Waals surface area contributed by atoms with Gasteiger partial charge in [-0.05, 0) is 20.8 Å². The van der Waals surface area contributed by atoms with Crippen molar-refractivity contribution in [2.45, 2.75) is 38.8 Å². The summed E-state index contributed by atoms with van der Waals surface area (Å²) in [5, 5.41) is 22.0. The van der Waals surface area contributed by atoms with Crippen LogP contribution < -0.4 is 5.32 Å². The zero-order valence-electron chi connectivity index (χ0n) is 9.73. The van der Waals surface area contributed by atoms with Gasteiger partial charge in [0.2, 0.25) is 6.41 Å². The van der Waals surface area contributed by atoms with Gasteiger partial charge in [0, 0.05) is 25.7 Å². The van der Waals surface area contributed by atoms with Crippen LogP contribution in [0, 0.1) is 0 Å². The van der Waals surface area contributed by atoms with Gasteiger partial charge in [-0.15, -0.1) is 0 Å². The van der Waals surface area contributed by atoms with Crippen LogP contribution in [0.2, 0.25) is 0 Å². The molecule has 0 radical (unpaired) electrons. The van der Waals surface area contributed by atoms with E-state index in [2.05, 4.69) is 5.32 Å². The Kier molecular flexibility index (Phi) is 4.48. The molecule has 5 nitrogen and oxygen atoms in total. The minimum absolute atomic E-state index is 0.0250. The first-order valence-electron chi connectivity index (χ1n) is 5.36. The predicted molar refractivity (Wildman–Crippen MR) is 57.3 cm³/mol. The van der Waals surface area contributed by atoms with Gasteiger partial charge in [-0.25, -0.2) is 0 Å². The van der Waals surface area contributed by atoms with Gasteiger partial charge in [0.15, 0.2) is 0 Å². The van der Waals surface area contributed by atoms with Gasteiger partial charge in [-0.1, -0.05) is 0 Å². The van der Waals surface area contributed by atoms with E-state index >= 15 is 0 Å². The maximum Gasteiger partial charge on any atom is 0.216 e. The zero-order chi connectivity index (χ0) is 11.5. The molecule has 3 N–H and O–H groups in total. The van der Waals surface area contributed by atoms with Crippen molar-refractivity contribution in [3.05, 3.63) is 0 Å². The van der Waals surface area contributed by atoms with E-state index in [1.54, 1.807) is 0 Å². The van der Waals surface area contributed by atoms with Gasteiger partial charge in [0.1, 0.15) is 0 Å². The second-order valence-electron chi connectivity index (χ2n) is 4.89. The van der Waals surface area contributed by atoms with Gasteiger partial charge in [-0.2, -0.15) is 0 Å². The fourth-order valence-corrected chi connectivity index (χ4v) is 1.56. The van der Waals surface area contributed by atoms with Gasteiger partial charge in [0.05, 0.1) is 12.2 Å². The van der Waals surface area contributed by atoms with Crippen LogP contribution in [0.25, 0.3) is 0 Å². The normalized spacial score (nSPS) is 26.6. The molecule has 0 saturated carbocycles. The molecule has 0 aromatic rings. The molecule has 5 heteroatoms. The van der Waals surface area contributed by atoms with E-state index in [0.29, 0.717) is 6.54 Å². The number of nitrogens with zero attached hydrogens (tertiary/aromatic N) is 1. The molecule has 0 amide bonds. The highest BCUT2D eigenvalue weighted by molar-refractivity contribution is 4.77. The lowest BCUT2D eigenvalue weighted by molar-refractivity contribution is -0.243. The molecule has 0 spiro atoms. The molecular formula is C10H22N2O3. The molecule has 1 saturated heterocycles. The molecule has 0 bridgehead atoms. The molecule has 15 heavy (non-hydrogen) atoms. The molecule has 1 unspecified atom stereocenters. The lowest BCUT2D eigenvalue weighted by atomic mass is 10.2. The van der Waals surface area contributed by atoms with Crippen LogP contribution in [0.5, 0.6) is 0 Å². The fourth-order valence-electron chi connectivity index (χ4n) is 1.56. The summed E-state index contributed by atoms with van der Waals surface area (Å²) in [5.41, 5.74) is -0.362. The predicted octanol–water partition coefficient (Wildman–Crippen LogP) is -0.656. The number of ether oxygens (including phenoxy) is 1. The van der Waals surface area contributed by atoms with E-state index in [0.717, 1.165) is 13.1 Å². The second kappa shape index (κ2) is 5.23. The molecule has 90 valence electrons. The van der Waals surface area contributed by atoms with E-state index in [1.165, 1.54) is 0 Å². The Morgan fingerprint density at radius 3 is 2.73 bits per heavy atom. The third kappa shape index (κ3) is 4.44. The van der Waals surface area contributed by atoms with Crippen LogP contribution in [0.15, 0.2) is 0 Å². The zero-order valence-corrected chi connectivity index (χ0v) is 9.73. The number of aliphatic hydroxyl groups excluding tert-OH is 2. The number of rotatable bonds is 3. The summed E-state index contributed by atoms with van der Waals surface area (Å²) in [5.74, 6) is 0. The molecular weight excluding hydrogens is 196 g/mol. The van der Waals surface area contributed by atoms with Crippen molar-refractivity contribution in [3.8, 4) is 0 Å². The Hall–Kier alpha value is -0.200. The minimum atomic E-state index is -0.888. The van der Waals surface area contributed by atoms with E-state index in [-0.39, 0.29) is 18.2 Å². The summed E-state index contributed by atoms with van der Waals surface area (Å²) < 4.78 is 5.44. The summed E-state index contributed by atoms with van der Waals surface area (Å²) in [6.07, 6.45) is -0.888. The molecule has 1 heterocycles. The number of nitrogens with one attached hydrogen (secondary N) is 1. The summed E-state index contributed by atoms with van der Waals surface area (Å²) in [6, 6.07) is 0.0250. The van der Waals surface area contributed by atoms with Crippen LogP contribution in [-0.4, -0.2) is 59.4 Å². The molecule has 2 atom stereocenters. The second-order valence-corrected chi connectivity index (χ2v) is 4.89.